The first-order valence-corrected chi connectivity index (χ1v) is 14.6. The fraction of sp³-hybridized carbons (Fsp3) is 0.462. The number of hydrogen-bond donors (Lipinski definition) is 0. The molecule has 1 fully saturated rings. The van der Waals surface area contributed by atoms with Gasteiger partial charge in [0.25, 0.3) is 5.91 Å². The van der Waals surface area contributed by atoms with E-state index in [2.05, 4.69) is 0 Å². The maximum Gasteiger partial charge on any atom is 0.260 e. The molecule has 2 aromatic carbocycles. The van der Waals surface area contributed by atoms with E-state index in [0.29, 0.717) is 36.9 Å². The number of hydrogen-bond acceptors (Lipinski definition) is 7. The molecule has 8 nitrogen and oxygen atoms in total. The molecule has 0 aliphatic carbocycles. The van der Waals surface area contributed by atoms with Crippen LogP contribution in [0.1, 0.15) is 49.9 Å². The molecule has 1 aromatic heterocycles. The van der Waals surface area contributed by atoms with Crippen LogP contribution in [0.15, 0.2) is 47.4 Å². The molecule has 4 rings (SSSR count). The van der Waals surface area contributed by atoms with E-state index in [1.165, 1.54) is 27.8 Å². The number of amides is 1. The van der Waals surface area contributed by atoms with Gasteiger partial charge >= 0.3 is 0 Å². The van der Waals surface area contributed by atoms with Gasteiger partial charge in [0, 0.05) is 25.3 Å². The average molecular weight is 532 g/mol. The molecule has 1 aliphatic heterocycles. The van der Waals surface area contributed by atoms with Crippen LogP contribution in [0.4, 0.5) is 5.13 Å². The quantitative estimate of drug-likeness (QED) is 0.348. The van der Waals surface area contributed by atoms with Crippen molar-refractivity contribution in [3.63, 3.8) is 0 Å². The number of ether oxygens (including phenoxy) is 2. The fourth-order valence-corrected chi connectivity index (χ4v) is 6.72. The molecule has 1 atom stereocenters. The van der Waals surface area contributed by atoms with E-state index in [1.807, 2.05) is 32.0 Å². The number of anilines is 1. The summed E-state index contributed by atoms with van der Waals surface area (Å²) in [6.07, 6.45) is 3.49. The summed E-state index contributed by atoms with van der Waals surface area (Å²) in [7, 11) is -2.00. The highest BCUT2D eigenvalue weighted by molar-refractivity contribution is 7.89. The van der Waals surface area contributed by atoms with E-state index >= 15 is 0 Å². The van der Waals surface area contributed by atoms with Crippen molar-refractivity contribution in [2.24, 2.45) is 0 Å². The van der Waals surface area contributed by atoms with Crippen LogP contribution in [-0.2, 0) is 14.8 Å². The number of benzene rings is 2. The zero-order valence-electron chi connectivity index (χ0n) is 21.0. The van der Waals surface area contributed by atoms with E-state index in [0.717, 1.165) is 41.6 Å². The number of unbranched alkanes of at least 4 members (excludes halogenated alkanes) is 1. The molecule has 1 unspecified atom stereocenters. The first-order chi connectivity index (χ1) is 17.4. The number of sulfonamides is 1. The molecular formula is C26H33N3O5S2. The summed E-state index contributed by atoms with van der Waals surface area (Å²) in [4.78, 5) is 20.2. The molecule has 10 heteroatoms. The van der Waals surface area contributed by atoms with E-state index < -0.39 is 10.0 Å². The van der Waals surface area contributed by atoms with E-state index in [9.17, 15) is 13.2 Å². The molecule has 0 N–H and O–H groups in total. The largest absolute Gasteiger partial charge is 0.497 e. The van der Waals surface area contributed by atoms with Crippen LogP contribution in [0.25, 0.3) is 10.2 Å². The third-order valence-corrected chi connectivity index (χ3v) is 9.35. The van der Waals surface area contributed by atoms with Gasteiger partial charge in [0.1, 0.15) is 5.75 Å². The van der Waals surface area contributed by atoms with Gasteiger partial charge in [-0.15, -0.1) is 0 Å². The van der Waals surface area contributed by atoms with Gasteiger partial charge in [-0.1, -0.05) is 31.6 Å². The highest BCUT2D eigenvalue weighted by atomic mass is 32.2. The molecule has 2 heterocycles. The minimum absolute atomic E-state index is 0.0631. The molecule has 194 valence electrons. The maximum absolute atomic E-state index is 13.7. The Hall–Kier alpha value is -2.53. The molecule has 3 aromatic rings. The Bertz CT molecular complexity index is 1280. The summed E-state index contributed by atoms with van der Waals surface area (Å²) in [5.41, 5.74) is 1.19. The van der Waals surface area contributed by atoms with Crippen LogP contribution in [0, 0.1) is 0 Å². The molecule has 1 amide bonds. The lowest BCUT2D eigenvalue weighted by Crippen LogP contribution is -2.37. The summed E-state index contributed by atoms with van der Waals surface area (Å²) >= 11 is 1.42. The zero-order valence-corrected chi connectivity index (χ0v) is 22.6. The number of thiazole rings is 1. The van der Waals surface area contributed by atoms with Gasteiger partial charge in [0.05, 0.1) is 34.9 Å². The highest BCUT2D eigenvalue weighted by Crippen LogP contribution is 2.33. The summed E-state index contributed by atoms with van der Waals surface area (Å²) < 4.78 is 39.7. The Morgan fingerprint density at radius 2 is 1.97 bits per heavy atom. The predicted octanol–water partition coefficient (Wildman–Crippen LogP) is 4.94. The summed E-state index contributed by atoms with van der Waals surface area (Å²) in [5, 5.41) is 0.576. The predicted molar refractivity (Wildman–Crippen MR) is 143 cm³/mol. The first-order valence-electron chi connectivity index (χ1n) is 12.4. The molecular weight excluding hydrogens is 498 g/mol. The number of nitrogens with zero attached hydrogens (tertiary/aromatic N) is 3. The Balaban J connectivity index is 1.62. The fourth-order valence-electron chi connectivity index (χ4n) is 4.23. The van der Waals surface area contributed by atoms with Crippen LogP contribution < -0.4 is 9.64 Å². The molecule has 36 heavy (non-hydrogen) atoms. The van der Waals surface area contributed by atoms with Gasteiger partial charge < -0.3 is 9.47 Å². The second kappa shape index (κ2) is 11.7. The Morgan fingerprint density at radius 3 is 2.61 bits per heavy atom. The SMILES string of the molecule is CCCCN(CC)S(=O)(=O)c1ccc(C(=O)N(CC2CCCO2)c2nc3ccc(OC)cc3s2)cc1. The van der Waals surface area contributed by atoms with Crippen molar-refractivity contribution >= 4 is 42.6 Å². The number of rotatable bonds is 11. The molecule has 1 saturated heterocycles. The highest BCUT2D eigenvalue weighted by Gasteiger charge is 2.28. The minimum Gasteiger partial charge on any atom is -0.497 e. The number of aromatic nitrogens is 1. The van der Waals surface area contributed by atoms with Gasteiger partial charge in [-0.25, -0.2) is 13.4 Å². The smallest absolute Gasteiger partial charge is 0.260 e. The second-order valence-electron chi connectivity index (χ2n) is 8.76. The van der Waals surface area contributed by atoms with Crippen molar-refractivity contribution in [2.45, 2.75) is 50.5 Å². The van der Waals surface area contributed by atoms with Crippen molar-refractivity contribution in [3.8, 4) is 5.75 Å². The van der Waals surface area contributed by atoms with E-state index in [1.54, 1.807) is 24.1 Å². The minimum atomic E-state index is -3.61. The molecule has 0 radical (unpaired) electrons. The second-order valence-corrected chi connectivity index (χ2v) is 11.7. The van der Waals surface area contributed by atoms with Gasteiger partial charge in [0.15, 0.2) is 5.13 Å². The van der Waals surface area contributed by atoms with Crippen LogP contribution in [-0.4, -0.2) is 63.1 Å². The summed E-state index contributed by atoms with van der Waals surface area (Å²) in [6.45, 7) is 5.82. The maximum atomic E-state index is 13.7. The standard InChI is InChI=1S/C26H33N3O5S2/c1-4-6-15-28(5-2)36(31,32)22-12-9-19(10-13-22)25(30)29(18-21-8-7-16-34-21)26-27-23-14-11-20(33-3)17-24(23)35-26/h9-14,17,21H,4-8,15-16,18H2,1-3H3. The summed E-state index contributed by atoms with van der Waals surface area (Å²) in [5.74, 6) is 0.491. The van der Waals surface area contributed by atoms with Gasteiger partial charge in [0.2, 0.25) is 10.0 Å². The first kappa shape index (κ1) is 26.5. The number of fused-ring (bicyclic) bond motifs is 1. The number of methoxy groups -OCH3 is 1. The number of carbonyl (C=O) groups excluding carboxylic acids is 1. The third-order valence-electron chi connectivity index (χ3n) is 6.32. The molecule has 0 spiro atoms. The summed E-state index contributed by atoms with van der Waals surface area (Å²) in [6, 6.07) is 11.8. The van der Waals surface area contributed by atoms with Crippen LogP contribution >= 0.6 is 11.3 Å². The monoisotopic (exact) mass is 531 g/mol. The van der Waals surface area contributed by atoms with Gasteiger partial charge in [-0.2, -0.15) is 4.31 Å². The number of carbonyl (C=O) groups is 1. The molecule has 0 bridgehead atoms. The van der Waals surface area contributed by atoms with Crippen molar-refractivity contribution in [1.82, 2.24) is 9.29 Å². The zero-order chi connectivity index (χ0) is 25.7. The molecule has 0 saturated carbocycles. The Morgan fingerprint density at radius 1 is 1.19 bits per heavy atom. The van der Waals surface area contributed by atoms with Crippen molar-refractivity contribution in [2.75, 3.05) is 38.3 Å². The van der Waals surface area contributed by atoms with Gasteiger partial charge in [-0.05, 0) is 61.7 Å². The lowest BCUT2D eigenvalue weighted by molar-refractivity contribution is 0.0917. The average Bonchev–Trinajstić information content (AvgIpc) is 3.56. The molecule has 1 aliphatic rings. The third kappa shape index (κ3) is 5.72. The van der Waals surface area contributed by atoms with E-state index in [-0.39, 0.29) is 16.9 Å². The van der Waals surface area contributed by atoms with Crippen LogP contribution in [0.5, 0.6) is 5.75 Å². The van der Waals surface area contributed by atoms with Gasteiger partial charge in [-0.3, -0.25) is 9.69 Å². The Labute approximate surface area is 216 Å². The lowest BCUT2D eigenvalue weighted by Gasteiger charge is -2.23. The van der Waals surface area contributed by atoms with Crippen molar-refractivity contribution in [3.05, 3.63) is 48.0 Å². The topological polar surface area (TPSA) is 89.0 Å². The lowest BCUT2D eigenvalue weighted by atomic mass is 10.2. The van der Waals surface area contributed by atoms with E-state index in [4.69, 9.17) is 14.5 Å². The van der Waals surface area contributed by atoms with Crippen molar-refractivity contribution < 1.29 is 22.7 Å². The van der Waals surface area contributed by atoms with Crippen LogP contribution in [0.2, 0.25) is 0 Å². The normalized spacial score (nSPS) is 16.1. The van der Waals surface area contributed by atoms with Crippen LogP contribution in [0.3, 0.4) is 0 Å². The Kier molecular flexibility index (Phi) is 8.61. The van der Waals surface area contributed by atoms with Crippen molar-refractivity contribution in [1.29, 1.82) is 0 Å².